The van der Waals surface area contributed by atoms with Gasteiger partial charge < -0.3 is 127 Å². The number of likely N-dealkylation sites (N-methyl/N-ethyl adjacent to an activating group) is 1. The number of amides is 8. The molecule has 8 amide bonds. The third-order valence-corrected chi connectivity index (χ3v) is 26.0. The predicted molar refractivity (Wildman–Crippen MR) is 434 cm³/mol. The average Bonchev–Trinajstić information content (AvgIpc) is 0.755. The van der Waals surface area contributed by atoms with Crippen LogP contribution < -0.4 is 71.9 Å². The van der Waals surface area contributed by atoms with E-state index in [9.17, 15) is 64.0 Å². The van der Waals surface area contributed by atoms with Crippen molar-refractivity contribution in [2.24, 2.45) is 35.3 Å². The van der Waals surface area contributed by atoms with Crippen molar-refractivity contribution in [3.05, 3.63) is 141 Å². The maximum Gasteiger partial charge on any atom is 0.264 e. The molecule has 36 nitrogen and oxygen atoms in total. The van der Waals surface area contributed by atoms with Crippen LogP contribution in [0.5, 0.6) is 51.7 Å². The fourth-order valence-electron chi connectivity index (χ4n) is 18.0. The Morgan fingerprint density at radius 2 is 1.28 bits per heavy atom. The van der Waals surface area contributed by atoms with Crippen molar-refractivity contribution >= 4 is 80.5 Å². The number of rotatable bonds is 18. The Morgan fingerprint density at radius 3 is 1.89 bits per heavy atom. The highest BCUT2D eigenvalue weighted by molar-refractivity contribution is 7.90. The van der Waals surface area contributed by atoms with E-state index >= 15 is 28.8 Å². The molecule has 7 heterocycles. The largest absolute Gasteiger partial charge is 0.508 e. The zero-order valence-electron chi connectivity index (χ0n) is 67.4. The van der Waals surface area contributed by atoms with Crippen LogP contribution in [0.3, 0.4) is 0 Å². The number of aromatic hydroxyl groups is 3. The van der Waals surface area contributed by atoms with Gasteiger partial charge in [-0.3, -0.25) is 38.4 Å². The molecule has 2 saturated heterocycles. The molecule has 4 saturated carbocycles. The van der Waals surface area contributed by atoms with Crippen LogP contribution in [0.1, 0.15) is 144 Å². The minimum atomic E-state index is -4.90. The van der Waals surface area contributed by atoms with Crippen LogP contribution >= 0.6 is 23.2 Å². The summed E-state index contributed by atoms with van der Waals surface area (Å²) >= 11 is 14.5. The Balaban J connectivity index is 0.974. The molecular formula is C84H98Cl2N10O26S. The zero-order valence-corrected chi connectivity index (χ0v) is 69.7. The van der Waals surface area contributed by atoms with E-state index in [0.29, 0.717) is 11.8 Å². The first-order chi connectivity index (χ1) is 58.4. The average molecular weight is 1770 g/mol. The quantitative estimate of drug-likeness (QED) is 0.0586. The first kappa shape index (κ1) is 89.1. The highest BCUT2D eigenvalue weighted by Gasteiger charge is 2.53. The Bertz CT molecular complexity index is 5180. The summed E-state index contributed by atoms with van der Waals surface area (Å²) < 4.78 is 74.7. The fourth-order valence-corrected chi connectivity index (χ4v) is 19.5. The molecule has 0 spiro atoms. The molecule has 20 N–H and O–H groups in total. The number of sulfonamides is 1. The van der Waals surface area contributed by atoms with Gasteiger partial charge in [0.15, 0.2) is 23.9 Å². The number of carbonyl (C=O) groups excluding carboxylic acids is 8. The molecule has 6 aromatic rings. The van der Waals surface area contributed by atoms with Gasteiger partial charge in [0, 0.05) is 35.2 Å². The Kier molecular flexibility index (Phi) is 26.2. The van der Waals surface area contributed by atoms with Gasteiger partial charge in [0.05, 0.1) is 52.8 Å². The molecule has 11 aliphatic rings. The number of nitrogens with one attached hydrogen (secondary N) is 9. The molecule has 0 radical (unpaired) electrons. The maximum absolute atomic E-state index is 16.6. The van der Waals surface area contributed by atoms with Gasteiger partial charge in [-0.1, -0.05) is 55.2 Å². The van der Waals surface area contributed by atoms with Crippen LogP contribution in [0, 0.1) is 29.6 Å². The zero-order chi connectivity index (χ0) is 88.3. The van der Waals surface area contributed by atoms with Crippen LogP contribution in [0.2, 0.25) is 10.0 Å². The van der Waals surface area contributed by atoms with Crippen molar-refractivity contribution < 1.29 is 126 Å². The molecule has 18 atom stereocenters. The van der Waals surface area contributed by atoms with Gasteiger partial charge in [-0.2, -0.15) is 0 Å². The van der Waals surface area contributed by atoms with Crippen LogP contribution in [0.4, 0.5) is 0 Å². The molecule has 15 bridgehead atoms. The van der Waals surface area contributed by atoms with Crippen molar-refractivity contribution in [2.75, 3.05) is 20.3 Å². The fraction of sp³-hybridized carbons (Fsp3) is 0.476. The van der Waals surface area contributed by atoms with Crippen molar-refractivity contribution in [3.63, 3.8) is 0 Å². The topological polar surface area (TPSA) is 552 Å². The minimum Gasteiger partial charge on any atom is -0.508 e. The molecule has 0 aromatic heterocycles. The molecule has 0 unspecified atom stereocenters. The lowest BCUT2D eigenvalue weighted by Gasteiger charge is -2.54. The second-order valence-electron chi connectivity index (χ2n) is 33.3. The Morgan fingerprint density at radius 1 is 0.675 bits per heavy atom. The van der Waals surface area contributed by atoms with E-state index < -0.39 is 252 Å². The van der Waals surface area contributed by atoms with Gasteiger partial charge in [-0.05, 0) is 203 Å². The SMILES string of the molecule is CCOc1ccc(S(=O)(=O)NC(=O)C[C@@H]2NC(=O)[C@H](NC(=O)[C@@H](CC(C)C)NC)[C@H](O)c3ccc(c(Cl)c3)Oc3cc4cc(c3O[C@@H]3O[C@H](CO)[C@@H](O)[C@H](O)[C@H]3O[C@H]3C[C@](C)(N)[C@H](O)[C@H](C)O3)Oc3ccc(cc3Cl)[C@@H](O)[C@@H]3NC(=O)[C@H](NC(=O)[C@@H]4NC2=O)c2ccc(O)c(c2)-c2c(O)cc(O)cc2[C@@H](C(=O)NC2C4CC5CC(C4)CC2C5)NC3=O)cc1. The van der Waals surface area contributed by atoms with E-state index in [2.05, 4.69) is 42.5 Å². The molecule has 660 valence electrons. The second-order valence-corrected chi connectivity index (χ2v) is 35.8. The van der Waals surface area contributed by atoms with E-state index in [1.54, 1.807) is 20.8 Å². The van der Waals surface area contributed by atoms with Crippen LogP contribution in [-0.4, -0.2) is 207 Å². The summed E-state index contributed by atoms with van der Waals surface area (Å²) in [5.41, 5.74) is 2.71. The molecule has 123 heavy (non-hydrogen) atoms. The molecule has 4 aliphatic carbocycles. The van der Waals surface area contributed by atoms with E-state index in [4.69, 9.17) is 62.1 Å². The van der Waals surface area contributed by atoms with Crippen molar-refractivity contribution in [2.45, 2.75) is 206 Å². The minimum absolute atomic E-state index is 0.0455. The summed E-state index contributed by atoms with van der Waals surface area (Å²) in [5.74, 6) is -14.2. The number of hydrogen-bond donors (Lipinski definition) is 19. The Labute approximate surface area is 715 Å². The number of halogens is 2. The second kappa shape index (κ2) is 36.2. The summed E-state index contributed by atoms with van der Waals surface area (Å²) in [5, 5.41) is 127. The maximum atomic E-state index is 16.6. The predicted octanol–water partition coefficient (Wildman–Crippen LogP) is 3.38. The summed E-state index contributed by atoms with van der Waals surface area (Å²) in [6, 6.07) is 4.00. The van der Waals surface area contributed by atoms with E-state index in [1.807, 2.05) is 4.72 Å². The lowest BCUT2D eigenvalue weighted by Crippen LogP contribution is -2.64. The number of phenolic OH excluding ortho intramolecular Hbond substituents is 3. The third-order valence-electron chi connectivity index (χ3n) is 24.0. The van der Waals surface area contributed by atoms with Gasteiger partial charge in [-0.25, -0.2) is 13.1 Å². The number of benzene rings is 6. The lowest BCUT2D eigenvalue weighted by molar-refractivity contribution is -0.333. The van der Waals surface area contributed by atoms with Crippen LogP contribution in [0.15, 0.2) is 108 Å². The van der Waals surface area contributed by atoms with Gasteiger partial charge >= 0.3 is 0 Å². The number of hydrogen-bond acceptors (Lipinski definition) is 28. The number of carbonyl (C=O) groups is 8. The molecular weight excluding hydrogens is 1670 g/mol. The summed E-state index contributed by atoms with van der Waals surface area (Å²) in [6.45, 7) is 7.48. The number of fused-ring (bicyclic) bond motifs is 15. The molecule has 39 heteroatoms. The highest BCUT2D eigenvalue weighted by atomic mass is 35.5. The number of aliphatic hydroxyl groups is 6. The van der Waals surface area contributed by atoms with E-state index in [0.717, 1.165) is 105 Å². The number of ether oxygens (including phenoxy) is 7. The lowest BCUT2D eigenvalue weighted by atomic mass is 9.54. The molecule has 6 aromatic carbocycles. The van der Waals surface area contributed by atoms with Crippen molar-refractivity contribution in [1.82, 2.24) is 47.3 Å². The summed E-state index contributed by atoms with van der Waals surface area (Å²) in [7, 11) is -3.45. The van der Waals surface area contributed by atoms with Gasteiger partial charge in [0.1, 0.15) is 101 Å². The van der Waals surface area contributed by atoms with Crippen molar-refractivity contribution in [3.8, 4) is 62.9 Å². The first-order valence-corrected chi connectivity index (χ1v) is 42.6. The summed E-state index contributed by atoms with van der Waals surface area (Å²) in [4.78, 5) is 124. The van der Waals surface area contributed by atoms with Crippen molar-refractivity contribution in [1.29, 1.82) is 0 Å². The van der Waals surface area contributed by atoms with E-state index in [1.165, 1.54) is 51.2 Å². The van der Waals surface area contributed by atoms with Gasteiger partial charge in [0.2, 0.25) is 59.3 Å². The van der Waals surface area contributed by atoms with Crippen LogP contribution in [0.25, 0.3) is 11.1 Å². The monoisotopic (exact) mass is 1760 g/mol. The summed E-state index contributed by atoms with van der Waals surface area (Å²) in [6.07, 6.45) is -15.0. The smallest absolute Gasteiger partial charge is 0.264 e. The van der Waals surface area contributed by atoms with Gasteiger partial charge in [0.25, 0.3) is 10.0 Å². The van der Waals surface area contributed by atoms with Crippen LogP contribution in [-0.2, 0) is 62.6 Å². The highest BCUT2D eigenvalue weighted by Crippen LogP contribution is 2.55. The van der Waals surface area contributed by atoms with Gasteiger partial charge in [-0.15, -0.1) is 0 Å². The number of nitrogens with two attached hydrogens (primary N) is 1. The molecule has 6 fully saturated rings. The first-order valence-electron chi connectivity index (χ1n) is 40.4. The molecule has 7 aliphatic heterocycles. The Hall–Kier alpha value is -10.2. The standard InChI is InChI=1S/C84H98Cl2N10O26S/c1-7-116-45-11-13-46(14-12-45)123(114,115)96-60(101)31-52-77(108)91-65-43-27-57(118-55-16-9-39(25-49(55)85)69(102)67(81(112)89-52)94-76(107)51(88-6)18-34(2)3)73(122-83-74(72(105)71(104)59(33-97)120-83)121-61-32-84(5,87)75(106)35(4)117-61)58(28-43)119-56-17-10-40(26-50(56)86)70(103)68-82(113)93-66(80(111)90-63-41-20-36-19-37(22-41)23-42(63)21-36)48-29-44(98)30-54(100)62(48)47-24-38(8-15-53(47)99)64(78(109)95-68)92-79(65)110/h8-17,24-30,34-37,41-42,51-52,59,61,63-72,74-75,83,88,97-100,102-106H,7,18-23,31-33,87H2,1-6H3,(H,89,112)(H,90,111)(H,91,108)(H,92,110)(H,93,113)(H,94,107)(H,95,109)(H,96,101)/t35-,36?,37?,41?,42?,51+,52-,59+,61-,63?,64+,65+,66-,67+,68-,69+,70+,71+,72-,74+,75+,83-,84-/m0/s1. The van der Waals surface area contributed by atoms with E-state index in [-0.39, 0.29) is 76.5 Å². The molecule has 17 rings (SSSR count). The third kappa shape index (κ3) is 18.8. The number of aliphatic hydroxyl groups excluding tert-OH is 6. The number of phenols is 3. The normalized spacial score (nSPS) is 30.8.